The second kappa shape index (κ2) is 10.0. The molecule has 10 nitrogen and oxygen atoms in total. The summed E-state index contributed by atoms with van der Waals surface area (Å²) in [6.45, 7) is 5.99. The number of aliphatic hydroxyl groups is 1. The van der Waals surface area contributed by atoms with Crippen molar-refractivity contribution < 1.29 is 13.5 Å². The van der Waals surface area contributed by atoms with Gasteiger partial charge < -0.3 is 10.4 Å². The summed E-state index contributed by atoms with van der Waals surface area (Å²) in [7, 11) is -3.56. The molecular weight excluding hydrogens is 438 g/mol. The first-order valence-corrected chi connectivity index (χ1v) is 13.0. The zero-order chi connectivity index (χ0) is 22.6. The Bertz CT molecular complexity index is 982. The SMILES string of the molecule is CC(C)C[C@H](CO)Nc1nc(NS(C)(=O)=O)nc(S[C@@H](C)c2cnc(C3CC3)nc2)n1. The van der Waals surface area contributed by atoms with Crippen LogP contribution >= 0.6 is 11.8 Å². The van der Waals surface area contributed by atoms with E-state index in [1.807, 2.05) is 33.2 Å². The van der Waals surface area contributed by atoms with Crippen molar-refractivity contribution in [2.75, 3.05) is 22.9 Å². The Hall–Kier alpha value is -2.05. The highest BCUT2D eigenvalue weighted by Crippen LogP contribution is 2.38. The first-order valence-electron chi connectivity index (χ1n) is 10.2. The van der Waals surface area contributed by atoms with Crippen molar-refractivity contribution in [3.8, 4) is 0 Å². The molecule has 0 radical (unpaired) electrons. The van der Waals surface area contributed by atoms with E-state index in [0.717, 1.165) is 30.5 Å². The van der Waals surface area contributed by atoms with Gasteiger partial charge in [-0.3, -0.25) is 4.72 Å². The number of sulfonamides is 1. The quantitative estimate of drug-likeness (QED) is 0.422. The summed E-state index contributed by atoms with van der Waals surface area (Å²) in [5.74, 6) is 1.86. The number of thioether (sulfide) groups is 1. The van der Waals surface area contributed by atoms with Gasteiger partial charge in [0.1, 0.15) is 5.82 Å². The summed E-state index contributed by atoms with van der Waals surface area (Å²) in [4.78, 5) is 21.7. The minimum atomic E-state index is -3.56. The van der Waals surface area contributed by atoms with Crippen LogP contribution < -0.4 is 10.0 Å². The lowest BCUT2D eigenvalue weighted by molar-refractivity contribution is 0.259. The van der Waals surface area contributed by atoms with Gasteiger partial charge in [-0.2, -0.15) is 15.0 Å². The van der Waals surface area contributed by atoms with Gasteiger partial charge in [0.15, 0.2) is 5.16 Å². The van der Waals surface area contributed by atoms with Gasteiger partial charge in [-0.25, -0.2) is 18.4 Å². The molecule has 2 aromatic rings. The Morgan fingerprint density at radius 1 is 1.13 bits per heavy atom. The fourth-order valence-corrected chi connectivity index (χ4v) is 4.23. The number of aromatic nitrogens is 5. The third-order valence-electron chi connectivity index (χ3n) is 4.59. The van der Waals surface area contributed by atoms with Crippen molar-refractivity contribution in [2.24, 2.45) is 5.92 Å². The summed E-state index contributed by atoms with van der Waals surface area (Å²) in [6.07, 6.45) is 7.67. The first kappa shape index (κ1) is 23.6. The Labute approximate surface area is 187 Å². The molecule has 12 heteroatoms. The molecule has 0 unspecified atom stereocenters. The summed E-state index contributed by atoms with van der Waals surface area (Å²) in [6, 6.07) is -0.257. The molecule has 3 rings (SSSR count). The Balaban J connectivity index is 1.80. The van der Waals surface area contributed by atoms with E-state index in [1.165, 1.54) is 11.8 Å². The van der Waals surface area contributed by atoms with E-state index < -0.39 is 10.0 Å². The topological polar surface area (TPSA) is 143 Å². The molecular formula is C19H29N7O3S2. The number of aliphatic hydroxyl groups excluding tert-OH is 1. The maximum atomic E-state index is 11.7. The number of hydrogen-bond acceptors (Lipinski definition) is 10. The van der Waals surface area contributed by atoms with Crippen molar-refractivity contribution in [2.45, 2.75) is 62.4 Å². The number of nitrogens with zero attached hydrogens (tertiary/aromatic N) is 5. The highest BCUT2D eigenvalue weighted by atomic mass is 32.2. The molecule has 1 fully saturated rings. The molecule has 2 heterocycles. The minimum absolute atomic E-state index is 0.0566. The fourth-order valence-electron chi connectivity index (χ4n) is 2.95. The Morgan fingerprint density at radius 2 is 1.77 bits per heavy atom. The van der Waals surface area contributed by atoms with Crippen molar-refractivity contribution in [1.29, 1.82) is 0 Å². The Kier molecular flexibility index (Phi) is 7.65. The third kappa shape index (κ3) is 7.54. The van der Waals surface area contributed by atoms with Crippen molar-refractivity contribution in [3.05, 3.63) is 23.8 Å². The monoisotopic (exact) mass is 467 g/mol. The van der Waals surface area contributed by atoms with Crippen LogP contribution in [0, 0.1) is 5.92 Å². The molecule has 31 heavy (non-hydrogen) atoms. The van der Waals surface area contributed by atoms with Crippen LogP contribution in [-0.2, 0) is 10.0 Å². The van der Waals surface area contributed by atoms with Gasteiger partial charge in [0, 0.05) is 29.1 Å². The average molecular weight is 468 g/mol. The zero-order valence-corrected chi connectivity index (χ0v) is 19.7. The van der Waals surface area contributed by atoms with E-state index >= 15 is 0 Å². The van der Waals surface area contributed by atoms with Crippen LogP contribution in [0.15, 0.2) is 17.6 Å². The average Bonchev–Trinajstić information content (AvgIpc) is 3.51. The van der Waals surface area contributed by atoms with Gasteiger partial charge in [0.05, 0.1) is 18.9 Å². The molecule has 0 saturated heterocycles. The van der Waals surface area contributed by atoms with E-state index in [1.54, 1.807) is 0 Å². The maximum Gasteiger partial charge on any atom is 0.242 e. The first-order chi connectivity index (χ1) is 14.6. The van der Waals surface area contributed by atoms with Crippen molar-refractivity contribution >= 4 is 33.7 Å². The van der Waals surface area contributed by atoms with Crippen LogP contribution in [0.3, 0.4) is 0 Å². The lowest BCUT2D eigenvalue weighted by Gasteiger charge is -2.19. The standard InChI is InChI=1S/C19H29N7O3S2/c1-11(2)7-15(10-27)22-17-23-18(26-31(4,28)29)25-19(24-17)30-12(3)14-8-20-16(21-9-14)13-5-6-13/h8-9,11-13,15,27H,5-7,10H2,1-4H3,(H2,22,23,24,25,26)/t12-,15+/m0/s1. The van der Waals surface area contributed by atoms with E-state index in [9.17, 15) is 13.5 Å². The van der Waals surface area contributed by atoms with Crippen LogP contribution in [0.4, 0.5) is 11.9 Å². The normalized spacial score (nSPS) is 16.2. The smallest absolute Gasteiger partial charge is 0.242 e. The highest BCUT2D eigenvalue weighted by Gasteiger charge is 2.26. The number of nitrogens with one attached hydrogen (secondary N) is 2. The lowest BCUT2D eigenvalue weighted by Crippen LogP contribution is -2.27. The predicted molar refractivity (Wildman–Crippen MR) is 121 cm³/mol. The summed E-state index contributed by atoms with van der Waals surface area (Å²) < 4.78 is 25.7. The molecule has 0 bridgehead atoms. The van der Waals surface area contributed by atoms with Crippen LogP contribution in [-0.4, -0.2) is 57.3 Å². The van der Waals surface area contributed by atoms with Gasteiger partial charge in [-0.15, -0.1) is 0 Å². The number of hydrogen-bond donors (Lipinski definition) is 3. The van der Waals surface area contributed by atoms with E-state index in [0.29, 0.717) is 23.4 Å². The summed E-state index contributed by atoms with van der Waals surface area (Å²) in [5.41, 5.74) is 0.926. The summed E-state index contributed by atoms with van der Waals surface area (Å²) in [5, 5.41) is 13.0. The van der Waals surface area contributed by atoms with Crippen LogP contribution in [0.25, 0.3) is 0 Å². The summed E-state index contributed by atoms with van der Waals surface area (Å²) >= 11 is 1.35. The van der Waals surface area contributed by atoms with E-state index in [2.05, 4.69) is 35.0 Å². The Morgan fingerprint density at radius 3 is 2.32 bits per heavy atom. The molecule has 1 aliphatic rings. The molecule has 1 saturated carbocycles. The molecule has 0 spiro atoms. The second-order valence-electron chi connectivity index (χ2n) is 8.20. The van der Waals surface area contributed by atoms with Crippen molar-refractivity contribution in [1.82, 2.24) is 24.9 Å². The van der Waals surface area contributed by atoms with Gasteiger partial charge in [0.2, 0.25) is 21.9 Å². The van der Waals surface area contributed by atoms with E-state index in [-0.39, 0.29) is 29.8 Å². The van der Waals surface area contributed by atoms with Gasteiger partial charge in [-0.05, 0) is 32.1 Å². The maximum absolute atomic E-state index is 11.7. The molecule has 0 aromatic carbocycles. The minimum Gasteiger partial charge on any atom is -0.394 e. The second-order valence-corrected chi connectivity index (χ2v) is 11.3. The molecule has 2 atom stereocenters. The van der Waals surface area contributed by atoms with Gasteiger partial charge in [0.25, 0.3) is 0 Å². The third-order valence-corrected chi connectivity index (χ3v) is 6.16. The predicted octanol–water partition coefficient (Wildman–Crippen LogP) is 2.58. The largest absolute Gasteiger partial charge is 0.394 e. The molecule has 3 N–H and O–H groups in total. The molecule has 170 valence electrons. The number of rotatable bonds is 11. The van der Waals surface area contributed by atoms with Gasteiger partial charge >= 0.3 is 0 Å². The molecule has 0 aliphatic heterocycles. The van der Waals surface area contributed by atoms with E-state index in [4.69, 9.17) is 0 Å². The zero-order valence-electron chi connectivity index (χ0n) is 18.1. The molecule has 1 aliphatic carbocycles. The fraction of sp³-hybridized carbons (Fsp3) is 0.632. The van der Waals surface area contributed by atoms with Crippen LogP contribution in [0.1, 0.15) is 62.6 Å². The van der Waals surface area contributed by atoms with Crippen molar-refractivity contribution in [3.63, 3.8) is 0 Å². The highest BCUT2D eigenvalue weighted by molar-refractivity contribution is 7.99. The van der Waals surface area contributed by atoms with Gasteiger partial charge in [-0.1, -0.05) is 25.6 Å². The van der Waals surface area contributed by atoms with Crippen LogP contribution in [0.2, 0.25) is 0 Å². The number of anilines is 2. The molecule has 0 amide bonds. The lowest BCUT2D eigenvalue weighted by atomic mass is 10.0. The molecule has 2 aromatic heterocycles. The van der Waals surface area contributed by atoms with Crippen LogP contribution in [0.5, 0.6) is 0 Å².